The molecule has 23 nitrogen and oxygen atoms in total. The van der Waals surface area contributed by atoms with Crippen molar-refractivity contribution in [3.8, 4) is 62.2 Å². The van der Waals surface area contributed by atoms with Crippen LogP contribution in [0.4, 0.5) is 0 Å². The SMILES string of the molecule is Cn1cc(-c2[c-]nccc2)nn1.Cn1ccc(-c2[c-]nccc2)n1.Cn1cnc(-c2[c-]nccc2)n1.Cn1nnc(-c2[c-]nccc2)n1.[Ir].[Ir].[Ir].[Ir].[Ir].[Ir].[c-]1ncccc1-c1cocn1.[c-]1ncccc1-n1ccnn1. The van der Waals surface area contributed by atoms with E-state index >= 15 is 0 Å². The first kappa shape index (κ1) is 67.7. The van der Waals surface area contributed by atoms with Gasteiger partial charge in [0.1, 0.15) is 12.2 Å². The maximum absolute atomic E-state index is 4.81. The summed E-state index contributed by atoms with van der Waals surface area (Å²) in [7, 11) is 7.26. The summed E-state index contributed by atoms with van der Waals surface area (Å²) in [6, 6.07) is 24.3. The largest absolute Gasteiger partial charge is 0.462 e. The van der Waals surface area contributed by atoms with Crippen LogP contribution in [-0.2, 0) is 149 Å². The third kappa shape index (κ3) is 22.5. The molecule has 12 aromatic heterocycles. The Hall–Kier alpha value is -6.29. The molecule has 12 heterocycles. The van der Waals surface area contributed by atoms with Crippen LogP contribution in [-0.4, -0.2) is 110 Å². The number of rotatable bonds is 6. The zero-order chi connectivity index (χ0) is 48.6. The maximum Gasteiger partial charge on any atom is 0.170 e. The average Bonchev–Trinajstić information content (AvgIpc) is 4.30. The average molecular weight is 2080 g/mol. The number of nitrogens with zero attached hydrogens (tertiary/aromatic N) is 22. The van der Waals surface area contributed by atoms with Crippen LogP contribution in [0.1, 0.15) is 0 Å². The van der Waals surface area contributed by atoms with Crippen LogP contribution < -0.4 is 0 Å². The summed E-state index contributed by atoms with van der Waals surface area (Å²) in [5, 5.41) is 35.0. The number of oxazole rings is 1. The third-order valence-corrected chi connectivity index (χ3v) is 8.47. The molecule has 0 N–H and O–H groups in total. The van der Waals surface area contributed by atoms with E-state index in [0.717, 1.165) is 50.6 Å². The van der Waals surface area contributed by atoms with Crippen molar-refractivity contribution in [3.05, 3.63) is 197 Å². The third-order valence-electron chi connectivity index (χ3n) is 8.47. The van der Waals surface area contributed by atoms with Gasteiger partial charge < -0.3 is 34.3 Å². The Balaban J connectivity index is 0.000000449. The van der Waals surface area contributed by atoms with E-state index in [-0.39, 0.29) is 121 Å². The second kappa shape index (κ2) is 37.5. The van der Waals surface area contributed by atoms with Crippen molar-refractivity contribution in [2.45, 2.75) is 0 Å². The monoisotopic (exact) mass is 2080 g/mol. The van der Waals surface area contributed by atoms with Crippen molar-refractivity contribution in [2.75, 3.05) is 0 Å². The summed E-state index contributed by atoms with van der Waals surface area (Å²) in [5.74, 6) is 1.20. The fourth-order valence-corrected chi connectivity index (χ4v) is 5.32. The first-order valence-corrected chi connectivity index (χ1v) is 20.6. The van der Waals surface area contributed by atoms with Gasteiger partial charge in [-0.05, 0) is 36.7 Å². The number of pyridine rings is 6. The zero-order valence-corrected chi connectivity index (χ0v) is 54.1. The Kier molecular flexibility index (Phi) is 33.4. The summed E-state index contributed by atoms with van der Waals surface area (Å²) in [6.45, 7) is 0. The van der Waals surface area contributed by atoms with Crippen LogP contribution in [0.15, 0.2) is 164 Å². The van der Waals surface area contributed by atoms with E-state index < -0.39 is 0 Å². The fourth-order valence-electron chi connectivity index (χ4n) is 5.32. The summed E-state index contributed by atoms with van der Waals surface area (Å²) in [6.07, 6.45) is 38.6. The molecule has 12 aromatic rings. The fraction of sp³-hybridized carbons (Fsp3) is 0.0851. The van der Waals surface area contributed by atoms with Gasteiger partial charge in [0.25, 0.3) is 0 Å². The van der Waals surface area contributed by atoms with Crippen molar-refractivity contribution >= 4 is 0 Å². The quantitative estimate of drug-likeness (QED) is 0.205. The van der Waals surface area contributed by atoms with Gasteiger partial charge in [0.15, 0.2) is 6.39 Å². The van der Waals surface area contributed by atoms with Crippen LogP contribution in [0.5, 0.6) is 0 Å². The molecule has 402 valence electrons. The minimum atomic E-state index is 0. The summed E-state index contributed by atoms with van der Waals surface area (Å²) < 4.78 is 11.5. The van der Waals surface area contributed by atoms with Crippen molar-refractivity contribution in [1.82, 2.24) is 110 Å². The van der Waals surface area contributed by atoms with E-state index in [1.54, 1.807) is 87.9 Å². The standard InChI is InChI=1S/C9H8N3.2C8H7N4.C8H5N2O.C7H6N5.C7H5N4.6Ir/c1-12-6-4-9(11-12)8-3-2-5-10-7-8;1-12-6-10-8(11-12)7-3-2-4-9-5-7;1-12-6-8(10-11-12)7-3-2-4-9-5-7;1-2-7(4-9-3-1)8-5-11-6-10-8;1-12-10-7(9-11-12)6-3-2-4-8-5-6;1-2-7(6-8-3-1)11-5-4-9-10-11;;;;;;/h2-6H,1H3;2*2-4,6H,1H3;1-3,5-6H;2-4H,1H3;1-5H;;;;;;/q6*-1;;;;;;. The normalized spacial score (nSPS) is 9.21. The van der Waals surface area contributed by atoms with E-state index in [2.05, 4.69) is 123 Å². The molecule has 29 heteroatoms. The first-order chi connectivity index (χ1) is 34.4. The predicted octanol–water partition coefficient (Wildman–Crippen LogP) is 4.69. The molecule has 0 unspecified atom stereocenters. The number of hydrogen-bond donors (Lipinski definition) is 0. The molecule has 0 fully saturated rings. The van der Waals surface area contributed by atoms with Crippen LogP contribution in [0.3, 0.4) is 0 Å². The Morgan fingerprint density at radius 2 is 0.947 bits per heavy atom. The molecule has 0 aromatic carbocycles. The van der Waals surface area contributed by atoms with Gasteiger partial charge in [0, 0.05) is 177 Å². The van der Waals surface area contributed by atoms with Gasteiger partial charge in [-0.3, -0.25) is 24.0 Å². The minimum Gasteiger partial charge on any atom is -0.462 e. The number of aryl methyl sites for hydroxylation is 4. The maximum atomic E-state index is 4.81. The van der Waals surface area contributed by atoms with E-state index in [1.165, 1.54) is 11.2 Å². The molecule has 0 aliphatic carbocycles. The van der Waals surface area contributed by atoms with Gasteiger partial charge in [-0.1, -0.05) is 76.2 Å². The minimum absolute atomic E-state index is 0. The first-order valence-electron chi connectivity index (χ1n) is 20.6. The smallest absolute Gasteiger partial charge is 0.170 e. The molecule has 0 atom stereocenters. The van der Waals surface area contributed by atoms with Crippen LogP contribution >= 0.6 is 0 Å². The van der Waals surface area contributed by atoms with E-state index in [4.69, 9.17) is 4.42 Å². The van der Waals surface area contributed by atoms with Crippen molar-refractivity contribution < 1.29 is 125 Å². The Morgan fingerprint density at radius 1 is 0.421 bits per heavy atom. The van der Waals surface area contributed by atoms with Gasteiger partial charge in [0.05, 0.1) is 25.3 Å². The van der Waals surface area contributed by atoms with Crippen molar-refractivity contribution in [1.29, 1.82) is 0 Å². The van der Waals surface area contributed by atoms with E-state index in [1.807, 2.05) is 112 Å². The van der Waals surface area contributed by atoms with E-state index in [0.29, 0.717) is 11.6 Å². The predicted molar refractivity (Wildman–Crippen MR) is 249 cm³/mol. The van der Waals surface area contributed by atoms with Gasteiger partial charge in [-0.25, -0.2) is 14.9 Å². The molecule has 0 spiro atoms. The molecule has 0 aliphatic heterocycles. The van der Waals surface area contributed by atoms with Crippen molar-refractivity contribution in [3.63, 3.8) is 0 Å². The molecule has 0 saturated carbocycles. The molecular weight excluding hydrogens is 2040 g/mol. The van der Waals surface area contributed by atoms with Crippen LogP contribution in [0.2, 0.25) is 0 Å². The summed E-state index contributed by atoms with van der Waals surface area (Å²) >= 11 is 0. The Bertz CT molecular complexity index is 2890. The number of hydrogen-bond acceptors (Lipinski definition) is 18. The molecular formula is C47H38Ir6N22O-6. The van der Waals surface area contributed by atoms with Crippen molar-refractivity contribution in [2.24, 2.45) is 28.2 Å². The molecule has 0 saturated heterocycles. The summed E-state index contributed by atoms with van der Waals surface area (Å²) in [5.41, 5.74) is 7.48. The van der Waals surface area contributed by atoms with Gasteiger partial charge in [-0.15, -0.1) is 88.5 Å². The van der Waals surface area contributed by atoms with Gasteiger partial charge in [0.2, 0.25) is 0 Å². The molecule has 0 bridgehead atoms. The molecule has 6 radical (unpaired) electrons. The number of aromatic nitrogens is 22. The molecule has 0 amide bonds. The van der Waals surface area contributed by atoms with E-state index in [9.17, 15) is 0 Å². The second-order valence-electron chi connectivity index (χ2n) is 13.7. The molecule has 76 heavy (non-hydrogen) atoms. The van der Waals surface area contributed by atoms with Gasteiger partial charge in [-0.2, -0.15) is 26.2 Å². The topological polar surface area (TPSA) is 257 Å². The number of tetrazole rings is 1. The summed E-state index contributed by atoms with van der Waals surface area (Å²) in [4.78, 5) is 32.5. The van der Waals surface area contributed by atoms with Gasteiger partial charge >= 0.3 is 0 Å². The molecule has 12 rings (SSSR count). The van der Waals surface area contributed by atoms with Crippen LogP contribution in [0.25, 0.3) is 62.2 Å². The Labute approximate surface area is 517 Å². The zero-order valence-electron chi connectivity index (χ0n) is 39.8. The molecule has 0 aliphatic rings. The second-order valence-corrected chi connectivity index (χ2v) is 13.7. The Morgan fingerprint density at radius 3 is 1.34 bits per heavy atom. The van der Waals surface area contributed by atoms with Crippen LogP contribution in [0, 0.1) is 37.2 Å².